The van der Waals surface area contributed by atoms with Gasteiger partial charge in [-0.1, -0.05) is 35.9 Å². The Hall–Kier alpha value is -2.93. The molecule has 0 bridgehead atoms. The molecule has 0 spiro atoms. The lowest BCUT2D eigenvalue weighted by molar-refractivity contribution is -0.123. The Balaban J connectivity index is 1.45. The average Bonchev–Trinajstić information content (AvgIpc) is 3.22. The molecular formula is C25H24ClN3O2S. The van der Waals surface area contributed by atoms with Gasteiger partial charge >= 0.3 is 0 Å². The first-order valence-corrected chi connectivity index (χ1v) is 11.4. The monoisotopic (exact) mass is 465 g/mol. The zero-order chi connectivity index (χ0) is 22.5. The summed E-state index contributed by atoms with van der Waals surface area (Å²) in [7, 11) is 4.01. The van der Waals surface area contributed by atoms with E-state index in [0.29, 0.717) is 23.9 Å². The van der Waals surface area contributed by atoms with Gasteiger partial charge in [0.1, 0.15) is 10.8 Å². The lowest BCUT2D eigenvalue weighted by atomic mass is 10.1. The number of benzene rings is 3. The van der Waals surface area contributed by atoms with Crippen molar-refractivity contribution < 1.29 is 9.53 Å². The van der Waals surface area contributed by atoms with E-state index >= 15 is 0 Å². The number of hydrogen-bond acceptors (Lipinski definition) is 5. The molecule has 0 saturated carbocycles. The quantitative estimate of drug-likeness (QED) is 0.380. The van der Waals surface area contributed by atoms with Crippen LogP contribution >= 0.6 is 22.9 Å². The molecule has 4 aromatic rings. The minimum absolute atomic E-state index is 0.0471. The molecular weight excluding hydrogens is 442 g/mol. The molecule has 7 heteroatoms. The van der Waals surface area contributed by atoms with Gasteiger partial charge in [-0.15, -0.1) is 11.3 Å². The van der Waals surface area contributed by atoms with Crippen molar-refractivity contribution in [2.24, 2.45) is 0 Å². The molecule has 1 aromatic heterocycles. The molecule has 1 N–H and O–H groups in total. The van der Waals surface area contributed by atoms with Gasteiger partial charge in [0.05, 0.1) is 10.2 Å². The van der Waals surface area contributed by atoms with Gasteiger partial charge in [0.2, 0.25) is 0 Å². The maximum absolute atomic E-state index is 12.3. The zero-order valence-corrected chi connectivity index (χ0v) is 19.5. The highest BCUT2D eigenvalue weighted by atomic mass is 35.5. The summed E-state index contributed by atoms with van der Waals surface area (Å²) in [6.07, 6.45) is 0. The maximum Gasteiger partial charge on any atom is 0.258 e. The Morgan fingerprint density at radius 1 is 1.09 bits per heavy atom. The fraction of sp³-hybridized carbons (Fsp3) is 0.200. The highest BCUT2D eigenvalue weighted by molar-refractivity contribution is 7.21. The maximum atomic E-state index is 12.3. The van der Waals surface area contributed by atoms with Crippen LogP contribution in [0.1, 0.15) is 11.1 Å². The van der Waals surface area contributed by atoms with Crippen LogP contribution in [0.4, 0.5) is 0 Å². The highest BCUT2D eigenvalue weighted by Gasteiger charge is 2.12. The third-order valence-electron chi connectivity index (χ3n) is 4.85. The Morgan fingerprint density at radius 2 is 1.88 bits per heavy atom. The van der Waals surface area contributed by atoms with E-state index in [1.165, 1.54) is 0 Å². The van der Waals surface area contributed by atoms with E-state index in [-0.39, 0.29) is 12.5 Å². The van der Waals surface area contributed by atoms with E-state index in [9.17, 15) is 4.79 Å². The van der Waals surface area contributed by atoms with Gasteiger partial charge in [0.25, 0.3) is 5.91 Å². The molecule has 0 aliphatic rings. The predicted molar refractivity (Wildman–Crippen MR) is 131 cm³/mol. The third kappa shape index (κ3) is 5.65. The number of carbonyl (C=O) groups is 1. The molecule has 0 saturated heterocycles. The summed E-state index contributed by atoms with van der Waals surface area (Å²) in [5.74, 6) is 0.524. The zero-order valence-electron chi connectivity index (χ0n) is 18.0. The van der Waals surface area contributed by atoms with E-state index < -0.39 is 0 Å². The Labute approximate surface area is 196 Å². The lowest BCUT2D eigenvalue weighted by Gasteiger charge is -2.16. The SMILES string of the molecule is CN(C)Cc1cc(-c2nc3ccccc3s2)ccc1OCC(=O)NCc1ccc(Cl)cc1. The summed E-state index contributed by atoms with van der Waals surface area (Å²) in [5.41, 5.74) is 4.04. The van der Waals surface area contributed by atoms with Crippen LogP contribution in [0.25, 0.3) is 20.8 Å². The van der Waals surface area contributed by atoms with Crippen molar-refractivity contribution in [2.75, 3.05) is 20.7 Å². The molecule has 0 unspecified atom stereocenters. The second-order valence-electron chi connectivity index (χ2n) is 7.74. The Bertz CT molecular complexity index is 1190. The van der Waals surface area contributed by atoms with Gasteiger partial charge in [-0.3, -0.25) is 4.79 Å². The molecule has 1 amide bonds. The molecule has 4 rings (SSSR count). The van der Waals surface area contributed by atoms with Crippen LogP contribution in [0.3, 0.4) is 0 Å². The molecule has 0 atom stereocenters. The molecule has 3 aromatic carbocycles. The lowest BCUT2D eigenvalue weighted by Crippen LogP contribution is -2.28. The van der Waals surface area contributed by atoms with Crippen LogP contribution in [0, 0.1) is 0 Å². The van der Waals surface area contributed by atoms with E-state index in [1.807, 2.05) is 56.6 Å². The van der Waals surface area contributed by atoms with Crippen LogP contribution in [-0.4, -0.2) is 36.5 Å². The van der Waals surface area contributed by atoms with Crippen molar-refractivity contribution in [3.63, 3.8) is 0 Å². The standard InChI is InChI=1S/C25H24ClN3O2S/c1-29(2)15-19-13-18(25-28-21-5-3-4-6-23(21)32-25)9-12-22(19)31-16-24(30)27-14-17-7-10-20(26)11-8-17/h3-13H,14-16H2,1-2H3,(H,27,30). The van der Waals surface area contributed by atoms with E-state index in [2.05, 4.69) is 22.3 Å². The van der Waals surface area contributed by atoms with Crippen LogP contribution < -0.4 is 10.1 Å². The third-order valence-corrected chi connectivity index (χ3v) is 6.19. The van der Waals surface area contributed by atoms with Crippen molar-refractivity contribution in [3.05, 3.63) is 82.9 Å². The number of nitrogens with one attached hydrogen (secondary N) is 1. The smallest absolute Gasteiger partial charge is 0.258 e. The summed E-state index contributed by atoms with van der Waals surface area (Å²) in [4.78, 5) is 19.1. The van der Waals surface area contributed by atoms with Crippen LogP contribution in [0.15, 0.2) is 66.7 Å². The van der Waals surface area contributed by atoms with Crippen LogP contribution in [-0.2, 0) is 17.9 Å². The first kappa shape index (κ1) is 22.3. The normalized spacial score (nSPS) is 11.1. The number of rotatable bonds is 8. The number of halogens is 1. The van der Waals surface area contributed by atoms with Gasteiger partial charge in [-0.2, -0.15) is 0 Å². The van der Waals surface area contributed by atoms with Gasteiger partial charge < -0.3 is 15.0 Å². The minimum Gasteiger partial charge on any atom is -0.483 e. The predicted octanol–water partition coefficient (Wildman–Crippen LogP) is 5.37. The largest absolute Gasteiger partial charge is 0.483 e. The molecule has 32 heavy (non-hydrogen) atoms. The summed E-state index contributed by atoms with van der Waals surface area (Å²) in [6.45, 7) is 1.08. The van der Waals surface area contributed by atoms with Crippen molar-refractivity contribution in [3.8, 4) is 16.3 Å². The first-order chi connectivity index (χ1) is 15.5. The van der Waals surface area contributed by atoms with Crippen molar-refractivity contribution in [2.45, 2.75) is 13.1 Å². The number of carbonyl (C=O) groups excluding carboxylic acids is 1. The fourth-order valence-electron chi connectivity index (χ4n) is 3.31. The number of aromatic nitrogens is 1. The molecule has 5 nitrogen and oxygen atoms in total. The fourth-order valence-corrected chi connectivity index (χ4v) is 4.40. The average molecular weight is 466 g/mol. The van der Waals surface area contributed by atoms with Gasteiger partial charge in [0.15, 0.2) is 6.61 Å². The highest BCUT2D eigenvalue weighted by Crippen LogP contribution is 2.33. The molecule has 0 radical (unpaired) electrons. The number of thiazole rings is 1. The molecule has 0 fully saturated rings. The number of para-hydroxylation sites is 1. The summed E-state index contributed by atoms with van der Waals surface area (Å²) < 4.78 is 7.04. The van der Waals surface area contributed by atoms with Gasteiger partial charge in [-0.25, -0.2) is 4.98 Å². The molecule has 1 heterocycles. The molecule has 0 aliphatic carbocycles. The van der Waals surface area contributed by atoms with Crippen LogP contribution in [0.2, 0.25) is 5.02 Å². The number of hydrogen-bond donors (Lipinski definition) is 1. The van der Waals surface area contributed by atoms with Crippen molar-refractivity contribution in [1.82, 2.24) is 15.2 Å². The minimum atomic E-state index is -0.175. The summed E-state index contributed by atoms with van der Waals surface area (Å²) in [5, 5.41) is 4.52. The Morgan fingerprint density at radius 3 is 2.62 bits per heavy atom. The Kier molecular flexibility index (Phi) is 7.05. The number of ether oxygens (including phenoxy) is 1. The van der Waals surface area contributed by atoms with E-state index in [1.54, 1.807) is 23.5 Å². The van der Waals surface area contributed by atoms with E-state index in [4.69, 9.17) is 21.3 Å². The molecule has 0 aliphatic heterocycles. The van der Waals surface area contributed by atoms with Gasteiger partial charge in [0, 0.05) is 29.2 Å². The van der Waals surface area contributed by atoms with E-state index in [0.717, 1.165) is 31.9 Å². The molecule has 164 valence electrons. The van der Waals surface area contributed by atoms with Gasteiger partial charge in [-0.05, 0) is 62.1 Å². The topological polar surface area (TPSA) is 54.5 Å². The second-order valence-corrected chi connectivity index (χ2v) is 9.21. The van der Waals surface area contributed by atoms with Crippen LogP contribution in [0.5, 0.6) is 5.75 Å². The number of nitrogens with zero attached hydrogens (tertiary/aromatic N) is 2. The van der Waals surface area contributed by atoms with Crippen molar-refractivity contribution in [1.29, 1.82) is 0 Å². The first-order valence-electron chi connectivity index (χ1n) is 10.3. The van der Waals surface area contributed by atoms with Crippen molar-refractivity contribution >= 4 is 39.1 Å². The summed E-state index contributed by atoms with van der Waals surface area (Å²) >= 11 is 7.57. The number of amides is 1. The summed E-state index contributed by atoms with van der Waals surface area (Å²) in [6, 6.07) is 21.5. The second kappa shape index (κ2) is 10.1. The number of fused-ring (bicyclic) bond motifs is 1.